The van der Waals surface area contributed by atoms with Gasteiger partial charge in [-0.25, -0.2) is 0 Å². The summed E-state index contributed by atoms with van der Waals surface area (Å²) in [6.45, 7) is 0.907. The fourth-order valence-electron chi connectivity index (χ4n) is 2.81. The van der Waals surface area contributed by atoms with Crippen molar-refractivity contribution in [2.24, 2.45) is 0 Å². The van der Waals surface area contributed by atoms with Crippen molar-refractivity contribution < 1.29 is 9.21 Å². The second-order valence-corrected chi connectivity index (χ2v) is 7.78. The van der Waals surface area contributed by atoms with E-state index in [4.69, 9.17) is 39.2 Å². The Morgan fingerprint density at radius 2 is 2.04 bits per heavy atom. The van der Waals surface area contributed by atoms with E-state index in [-0.39, 0.29) is 33.3 Å². The van der Waals surface area contributed by atoms with Gasteiger partial charge in [-0.05, 0) is 45.6 Å². The van der Waals surface area contributed by atoms with E-state index in [9.17, 15) is 10.1 Å². The minimum Gasteiger partial charge on any atom is -0.439 e. The maximum Gasteiger partial charge on any atom is 0.230 e. The van der Waals surface area contributed by atoms with Crippen LogP contribution < -0.4 is 5.32 Å². The molecule has 0 saturated carbocycles. The van der Waals surface area contributed by atoms with Gasteiger partial charge in [0.05, 0.1) is 21.5 Å². The highest BCUT2D eigenvalue weighted by molar-refractivity contribution is 6.44. The van der Waals surface area contributed by atoms with Gasteiger partial charge in [0, 0.05) is 12.1 Å². The fraction of sp³-hybridized carbons (Fsp3) is 0.421. The minimum atomic E-state index is -0.628. The summed E-state index contributed by atoms with van der Waals surface area (Å²) < 4.78 is 5.84. The van der Waals surface area contributed by atoms with Gasteiger partial charge in [-0.1, -0.05) is 41.2 Å². The first-order valence-electron chi connectivity index (χ1n) is 8.70. The lowest BCUT2D eigenvalue weighted by Gasteiger charge is -2.14. The number of aromatic nitrogens is 1. The first-order chi connectivity index (χ1) is 13.3. The molecule has 0 aliphatic rings. The van der Waals surface area contributed by atoms with Gasteiger partial charge < -0.3 is 14.6 Å². The number of nitrogens with zero attached hydrogens (tertiary/aromatic N) is 3. The van der Waals surface area contributed by atoms with Gasteiger partial charge in [-0.15, -0.1) is 0 Å². The number of amides is 1. The molecule has 1 atom stereocenters. The van der Waals surface area contributed by atoms with Crippen molar-refractivity contribution in [1.82, 2.24) is 15.2 Å². The number of likely N-dealkylation sites (N-methyl/N-ethyl adjacent to an activating group) is 1. The second-order valence-electron chi connectivity index (χ2n) is 6.56. The zero-order valence-corrected chi connectivity index (χ0v) is 18.1. The Kier molecular flexibility index (Phi) is 8.14. The highest BCUT2D eigenvalue weighted by Gasteiger charge is 2.29. The van der Waals surface area contributed by atoms with Gasteiger partial charge in [-0.3, -0.25) is 4.79 Å². The lowest BCUT2D eigenvalue weighted by atomic mass is 9.97. The number of rotatable bonds is 8. The van der Waals surface area contributed by atoms with E-state index in [0.29, 0.717) is 17.0 Å². The Morgan fingerprint density at radius 3 is 2.64 bits per heavy atom. The second kappa shape index (κ2) is 10.1. The fourth-order valence-corrected chi connectivity index (χ4v) is 3.49. The lowest BCUT2D eigenvalue weighted by Crippen LogP contribution is -2.26. The van der Waals surface area contributed by atoms with Crippen LogP contribution in [0.4, 0.5) is 0 Å². The molecule has 0 bridgehead atoms. The van der Waals surface area contributed by atoms with Crippen LogP contribution in [-0.2, 0) is 4.79 Å². The standard InChI is InChI=1S/C19H21Cl3N4O2/c1-24-18(27)12(6-4-5-7-26(2)3)17-15(10-23)25-19(28-17)13-8-11(20)9-14(21)16(13)22/h8-9,12H,4-7H2,1-3H3,(H,24,27). The van der Waals surface area contributed by atoms with Crippen LogP contribution in [0.3, 0.4) is 0 Å². The largest absolute Gasteiger partial charge is 0.439 e. The van der Waals surface area contributed by atoms with E-state index in [1.165, 1.54) is 6.07 Å². The van der Waals surface area contributed by atoms with Gasteiger partial charge in [-0.2, -0.15) is 10.2 Å². The van der Waals surface area contributed by atoms with Crippen LogP contribution in [0.25, 0.3) is 11.5 Å². The molecule has 0 radical (unpaired) electrons. The minimum absolute atomic E-state index is 0.0448. The van der Waals surface area contributed by atoms with Gasteiger partial charge in [0.15, 0.2) is 11.5 Å². The van der Waals surface area contributed by atoms with Gasteiger partial charge >= 0.3 is 0 Å². The Hall–Kier alpha value is -1.78. The van der Waals surface area contributed by atoms with E-state index < -0.39 is 5.92 Å². The molecule has 6 nitrogen and oxygen atoms in total. The molecule has 1 amide bonds. The number of benzene rings is 1. The molecule has 28 heavy (non-hydrogen) atoms. The first-order valence-corrected chi connectivity index (χ1v) is 9.83. The van der Waals surface area contributed by atoms with Crippen LogP contribution in [0.15, 0.2) is 16.5 Å². The number of halogens is 3. The predicted molar refractivity (Wildman–Crippen MR) is 111 cm³/mol. The van der Waals surface area contributed by atoms with E-state index >= 15 is 0 Å². The molecule has 2 rings (SSSR count). The smallest absolute Gasteiger partial charge is 0.230 e. The van der Waals surface area contributed by atoms with Crippen molar-refractivity contribution >= 4 is 40.7 Å². The molecule has 1 unspecified atom stereocenters. The van der Waals surface area contributed by atoms with Gasteiger partial charge in [0.2, 0.25) is 11.8 Å². The van der Waals surface area contributed by atoms with Gasteiger partial charge in [0.25, 0.3) is 0 Å². The molecule has 0 fully saturated rings. The van der Waals surface area contributed by atoms with Crippen molar-refractivity contribution in [2.45, 2.75) is 25.2 Å². The number of hydrogen-bond acceptors (Lipinski definition) is 5. The first kappa shape index (κ1) is 22.5. The van der Waals surface area contributed by atoms with Crippen molar-refractivity contribution in [1.29, 1.82) is 5.26 Å². The third kappa shape index (κ3) is 5.39. The van der Waals surface area contributed by atoms with Gasteiger partial charge in [0.1, 0.15) is 6.07 Å². The molecule has 0 spiro atoms. The number of hydrogen-bond donors (Lipinski definition) is 1. The summed E-state index contributed by atoms with van der Waals surface area (Å²) in [6, 6.07) is 5.06. The van der Waals surface area contributed by atoms with E-state index in [1.54, 1.807) is 13.1 Å². The van der Waals surface area contributed by atoms with Crippen LogP contribution in [-0.4, -0.2) is 43.5 Å². The molecule has 2 aromatic rings. The van der Waals surface area contributed by atoms with Crippen molar-refractivity contribution in [3.63, 3.8) is 0 Å². The Labute approximate surface area is 179 Å². The summed E-state index contributed by atoms with van der Waals surface area (Å²) in [4.78, 5) is 18.7. The summed E-state index contributed by atoms with van der Waals surface area (Å²) in [7, 11) is 5.53. The maximum absolute atomic E-state index is 12.4. The summed E-state index contributed by atoms with van der Waals surface area (Å²) in [5, 5.41) is 13.0. The highest BCUT2D eigenvalue weighted by Crippen LogP contribution is 2.38. The number of unbranched alkanes of at least 4 members (excludes halogenated alkanes) is 1. The topological polar surface area (TPSA) is 82.2 Å². The number of carbonyl (C=O) groups is 1. The van der Waals surface area contributed by atoms with Crippen molar-refractivity contribution in [3.8, 4) is 17.5 Å². The summed E-state index contributed by atoms with van der Waals surface area (Å²) in [5.74, 6) is -0.548. The number of oxazole rings is 1. The van der Waals surface area contributed by atoms with Crippen LogP contribution in [0, 0.1) is 11.3 Å². The van der Waals surface area contributed by atoms with E-state index in [2.05, 4.69) is 15.2 Å². The molecule has 1 aromatic carbocycles. The van der Waals surface area contributed by atoms with Crippen LogP contribution in [0.5, 0.6) is 0 Å². The van der Waals surface area contributed by atoms with Crippen LogP contribution in [0.2, 0.25) is 15.1 Å². The monoisotopic (exact) mass is 442 g/mol. The molecule has 1 heterocycles. The third-order valence-corrected chi connectivity index (χ3v) is 5.23. The number of nitriles is 1. The Morgan fingerprint density at radius 1 is 1.32 bits per heavy atom. The SMILES string of the molecule is CNC(=O)C(CCCCN(C)C)c1oc(-c2cc(Cl)cc(Cl)c2Cl)nc1C#N. The molecule has 0 aliphatic heterocycles. The molecule has 0 saturated heterocycles. The Balaban J connectivity index is 2.40. The normalized spacial score (nSPS) is 12.1. The van der Waals surface area contributed by atoms with Crippen molar-refractivity contribution in [2.75, 3.05) is 27.7 Å². The van der Waals surface area contributed by atoms with E-state index in [0.717, 1.165) is 19.4 Å². The average molecular weight is 444 g/mol. The summed E-state index contributed by atoms with van der Waals surface area (Å²) in [5.41, 5.74) is 0.411. The third-order valence-electron chi connectivity index (χ3n) is 4.21. The quantitative estimate of drug-likeness (QED) is 0.471. The van der Waals surface area contributed by atoms with E-state index in [1.807, 2.05) is 20.2 Å². The average Bonchev–Trinajstić information content (AvgIpc) is 3.07. The number of carbonyl (C=O) groups excluding carboxylic acids is 1. The predicted octanol–water partition coefficient (Wildman–Crippen LogP) is 4.73. The zero-order valence-electron chi connectivity index (χ0n) is 15.9. The highest BCUT2D eigenvalue weighted by atomic mass is 35.5. The number of nitrogens with one attached hydrogen (secondary N) is 1. The van der Waals surface area contributed by atoms with Crippen molar-refractivity contribution in [3.05, 3.63) is 38.7 Å². The lowest BCUT2D eigenvalue weighted by molar-refractivity contribution is -0.122. The molecule has 9 heteroatoms. The molecule has 0 aliphatic carbocycles. The zero-order chi connectivity index (χ0) is 20.8. The molecule has 150 valence electrons. The molecular formula is C19H21Cl3N4O2. The summed E-state index contributed by atoms with van der Waals surface area (Å²) >= 11 is 18.4. The van der Waals surface area contributed by atoms with Crippen LogP contribution >= 0.6 is 34.8 Å². The summed E-state index contributed by atoms with van der Waals surface area (Å²) in [6.07, 6.45) is 2.24. The maximum atomic E-state index is 12.4. The Bertz CT molecular complexity index is 890. The molecular weight excluding hydrogens is 423 g/mol. The molecule has 1 aromatic heterocycles. The molecule has 1 N–H and O–H groups in total. The van der Waals surface area contributed by atoms with Crippen LogP contribution in [0.1, 0.15) is 36.6 Å².